The molecule has 0 unspecified atom stereocenters. The molecule has 19 heavy (non-hydrogen) atoms. The first-order chi connectivity index (χ1) is 8.90. The number of rotatable bonds is 4. The zero-order valence-electron chi connectivity index (χ0n) is 11.4. The fourth-order valence-corrected chi connectivity index (χ4v) is 2.19. The van der Waals surface area contributed by atoms with Crippen LogP contribution in [0.4, 0.5) is 0 Å². The fraction of sp³-hybridized carbons (Fsp3) is 0.333. The summed E-state index contributed by atoms with van der Waals surface area (Å²) < 4.78 is 1.96. The molecular weight excluding hydrogens is 240 g/mol. The van der Waals surface area contributed by atoms with Gasteiger partial charge in [-0.15, -0.1) is 0 Å². The van der Waals surface area contributed by atoms with Crippen LogP contribution in [0.3, 0.4) is 0 Å². The number of carbonyl (C=O) groups is 1. The summed E-state index contributed by atoms with van der Waals surface area (Å²) in [7, 11) is 1.95. The van der Waals surface area contributed by atoms with Gasteiger partial charge in [0.05, 0.1) is 6.42 Å². The molecule has 0 fully saturated rings. The van der Waals surface area contributed by atoms with Gasteiger partial charge in [0.1, 0.15) is 5.82 Å². The summed E-state index contributed by atoms with van der Waals surface area (Å²) in [6.45, 7) is 3.88. The van der Waals surface area contributed by atoms with Gasteiger partial charge in [-0.1, -0.05) is 38.1 Å². The largest absolute Gasteiger partial charge is 0.481 e. The average Bonchev–Trinajstić information content (AvgIpc) is 2.74. The highest BCUT2D eigenvalue weighted by Gasteiger charge is 2.24. The monoisotopic (exact) mass is 258 g/mol. The van der Waals surface area contributed by atoms with Crippen molar-refractivity contribution in [3.05, 3.63) is 42.2 Å². The van der Waals surface area contributed by atoms with Crippen LogP contribution < -0.4 is 0 Å². The molecule has 0 aliphatic carbocycles. The summed E-state index contributed by atoms with van der Waals surface area (Å²) >= 11 is 0. The Bertz CT molecular complexity index is 582. The van der Waals surface area contributed by atoms with Crippen molar-refractivity contribution >= 4 is 5.97 Å². The number of nitrogens with zero attached hydrogens (tertiary/aromatic N) is 2. The Morgan fingerprint density at radius 3 is 2.42 bits per heavy atom. The normalized spacial score (nSPS) is 11.5. The number of aromatic nitrogens is 2. The maximum absolute atomic E-state index is 10.9. The van der Waals surface area contributed by atoms with Gasteiger partial charge >= 0.3 is 5.97 Å². The molecule has 0 spiro atoms. The fourth-order valence-electron chi connectivity index (χ4n) is 2.19. The van der Waals surface area contributed by atoms with E-state index in [0.717, 1.165) is 17.0 Å². The van der Waals surface area contributed by atoms with Crippen LogP contribution in [-0.2, 0) is 17.3 Å². The second-order valence-electron chi connectivity index (χ2n) is 5.39. The quantitative estimate of drug-likeness (QED) is 0.917. The molecule has 1 heterocycles. The van der Waals surface area contributed by atoms with Crippen LogP contribution >= 0.6 is 0 Å². The minimum atomic E-state index is -0.779. The van der Waals surface area contributed by atoms with E-state index in [1.54, 1.807) is 6.20 Å². The predicted molar refractivity (Wildman–Crippen MR) is 73.9 cm³/mol. The molecule has 4 nitrogen and oxygen atoms in total. The van der Waals surface area contributed by atoms with Gasteiger partial charge in [0.25, 0.3) is 0 Å². The van der Waals surface area contributed by atoms with E-state index in [0.29, 0.717) is 0 Å². The Morgan fingerprint density at radius 1 is 1.32 bits per heavy atom. The molecule has 0 saturated carbocycles. The van der Waals surface area contributed by atoms with E-state index in [-0.39, 0.29) is 11.8 Å². The van der Waals surface area contributed by atoms with E-state index < -0.39 is 5.97 Å². The highest BCUT2D eigenvalue weighted by atomic mass is 16.4. The molecule has 1 aromatic heterocycles. The molecule has 0 radical (unpaired) electrons. The topological polar surface area (TPSA) is 55.1 Å². The van der Waals surface area contributed by atoms with Gasteiger partial charge in [0.15, 0.2) is 0 Å². The van der Waals surface area contributed by atoms with E-state index in [4.69, 9.17) is 5.11 Å². The number of carboxylic acid groups (broad SMARTS) is 1. The highest BCUT2D eigenvalue weighted by molar-refractivity contribution is 5.69. The summed E-state index contributed by atoms with van der Waals surface area (Å²) in [4.78, 5) is 15.2. The SMILES string of the molecule is Cn1ccnc1-c1ccc(C(C)(C)CC(=O)O)cc1. The van der Waals surface area contributed by atoms with Crippen LogP contribution in [0.2, 0.25) is 0 Å². The third-order valence-electron chi connectivity index (χ3n) is 3.34. The van der Waals surface area contributed by atoms with E-state index >= 15 is 0 Å². The molecule has 0 atom stereocenters. The number of hydrogen-bond acceptors (Lipinski definition) is 2. The first-order valence-corrected chi connectivity index (χ1v) is 6.20. The first kappa shape index (κ1) is 13.3. The van der Waals surface area contributed by atoms with Gasteiger partial charge < -0.3 is 9.67 Å². The summed E-state index contributed by atoms with van der Waals surface area (Å²) in [6, 6.07) is 7.93. The molecule has 2 aromatic rings. The first-order valence-electron chi connectivity index (χ1n) is 6.20. The molecule has 0 aliphatic heterocycles. The maximum Gasteiger partial charge on any atom is 0.304 e. The number of aliphatic carboxylic acids is 1. The molecule has 2 rings (SSSR count). The van der Waals surface area contributed by atoms with Crippen LogP contribution in [0.1, 0.15) is 25.8 Å². The Labute approximate surface area is 112 Å². The highest BCUT2D eigenvalue weighted by Crippen LogP contribution is 2.28. The van der Waals surface area contributed by atoms with Gasteiger partial charge in [0.2, 0.25) is 0 Å². The van der Waals surface area contributed by atoms with Crippen LogP contribution in [0, 0.1) is 0 Å². The number of imidazole rings is 1. The molecule has 4 heteroatoms. The van der Waals surface area contributed by atoms with Crippen LogP contribution in [-0.4, -0.2) is 20.6 Å². The smallest absolute Gasteiger partial charge is 0.304 e. The second-order valence-corrected chi connectivity index (χ2v) is 5.39. The van der Waals surface area contributed by atoms with Crippen molar-refractivity contribution in [1.29, 1.82) is 0 Å². The lowest BCUT2D eigenvalue weighted by atomic mass is 9.81. The molecule has 0 aliphatic rings. The summed E-state index contributed by atoms with van der Waals surface area (Å²) in [6.07, 6.45) is 3.78. The maximum atomic E-state index is 10.9. The Balaban J connectivity index is 2.28. The van der Waals surface area contributed by atoms with Gasteiger partial charge in [0, 0.05) is 30.4 Å². The Morgan fingerprint density at radius 2 is 1.95 bits per heavy atom. The number of aryl methyl sites for hydroxylation is 1. The third kappa shape index (κ3) is 2.84. The van der Waals surface area contributed by atoms with E-state index in [1.807, 2.05) is 55.9 Å². The second kappa shape index (κ2) is 4.88. The summed E-state index contributed by atoms with van der Waals surface area (Å²) in [5.74, 6) is 0.126. The van der Waals surface area contributed by atoms with Crippen LogP contribution in [0.5, 0.6) is 0 Å². The molecule has 0 bridgehead atoms. The van der Waals surface area contributed by atoms with Crippen molar-refractivity contribution < 1.29 is 9.90 Å². The minimum absolute atomic E-state index is 0.120. The molecule has 0 amide bonds. The van der Waals surface area contributed by atoms with Crippen molar-refractivity contribution in [3.63, 3.8) is 0 Å². The Kier molecular flexibility index (Phi) is 3.42. The lowest BCUT2D eigenvalue weighted by Crippen LogP contribution is -2.21. The number of carboxylic acids is 1. The standard InChI is InChI=1S/C15H18N2O2/c1-15(2,10-13(18)19)12-6-4-11(5-7-12)14-16-8-9-17(14)3/h4-9H,10H2,1-3H3,(H,18,19). The van der Waals surface area contributed by atoms with Crippen LogP contribution in [0.25, 0.3) is 11.4 Å². The predicted octanol–water partition coefficient (Wildman–Crippen LogP) is 2.84. The van der Waals surface area contributed by atoms with Gasteiger partial charge in [-0.25, -0.2) is 4.98 Å². The van der Waals surface area contributed by atoms with Crippen molar-refractivity contribution in [2.75, 3.05) is 0 Å². The van der Waals surface area contributed by atoms with Gasteiger partial charge in [-0.2, -0.15) is 0 Å². The molecule has 100 valence electrons. The number of benzene rings is 1. The van der Waals surface area contributed by atoms with Crippen molar-refractivity contribution in [3.8, 4) is 11.4 Å². The third-order valence-corrected chi connectivity index (χ3v) is 3.34. The van der Waals surface area contributed by atoms with Crippen molar-refractivity contribution in [2.24, 2.45) is 7.05 Å². The molecular formula is C15H18N2O2. The molecule has 1 N–H and O–H groups in total. The average molecular weight is 258 g/mol. The van der Waals surface area contributed by atoms with Gasteiger partial charge in [-0.3, -0.25) is 4.79 Å². The number of hydrogen-bond donors (Lipinski definition) is 1. The zero-order chi connectivity index (χ0) is 14.0. The zero-order valence-corrected chi connectivity index (χ0v) is 11.4. The summed E-state index contributed by atoms with van der Waals surface area (Å²) in [5.41, 5.74) is 1.68. The van der Waals surface area contributed by atoms with Crippen molar-refractivity contribution in [2.45, 2.75) is 25.7 Å². The summed E-state index contributed by atoms with van der Waals surface area (Å²) in [5, 5.41) is 8.94. The van der Waals surface area contributed by atoms with E-state index in [1.165, 1.54) is 0 Å². The van der Waals surface area contributed by atoms with Gasteiger partial charge in [-0.05, 0) is 5.56 Å². The molecule has 1 aromatic carbocycles. The molecule has 0 saturated heterocycles. The van der Waals surface area contributed by atoms with Crippen LogP contribution in [0.15, 0.2) is 36.7 Å². The van der Waals surface area contributed by atoms with E-state index in [9.17, 15) is 4.79 Å². The Hall–Kier alpha value is -2.10. The lowest BCUT2D eigenvalue weighted by molar-refractivity contribution is -0.138. The minimum Gasteiger partial charge on any atom is -0.481 e. The lowest BCUT2D eigenvalue weighted by Gasteiger charge is -2.23. The van der Waals surface area contributed by atoms with E-state index in [2.05, 4.69) is 4.98 Å². The van der Waals surface area contributed by atoms with Crippen molar-refractivity contribution in [1.82, 2.24) is 9.55 Å².